The van der Waals surface area contributed by atoms with Crippen LogP contribution in [-0.4, -0.2) is 34.0 Å². The lowest BCUT2D eigenvalue weighted by molar-refractivity contribution is -0.123. The van der Waals surface area contributed by atoms with E-state index in [2.05, 4.69) is 10.0 Å². The van der Waals surface area contributed by atoms with E-state index in [0.717, 1.165) is 12.0 Å². The van der Waals surface area contributed by atoms with Gasteiger partial charge in [0, 0.05) is 18.1 Å². The minimum atomic E-state index is -3.61. The Hall–Kier alpha value is -1.80. The third-order valence-corrected chi connectivity index (χ3v) is 5.64. The third-order valence-electron chi connectivity index (χ3n) is 3.63. The zero-order valence-electron chi connectivity index (χ0n) is 14.7. The number of hydrogen-bond donors (Lipinski definition) is 2. The molecule has 0 fully saturated rings. The van der Waals surface area contributed by atoms with Crippen LogP contribution in [0.5, 0.6) is 5.75 Å². The first-order valence-corrected chi connectivity index (χ1v) is 10.5. The number of benzene rings is 2. The van der Waals surface area contributed by atoms with Crippen LogP contribution < -0.4 is 14.8 Å². The molecule has 0 saturated carbocycles. The molecule has 1 amide bonds. The molecule has 9 heteroatoms. The molecule has 27 heavy (non-hydrogen) atoms. The molecule has 0 aliphatic heterocycles. The van der Waals surface area contributed by atoms with Crippen molar-refractivity contribution in [2.24, 2.45) is 0 Å². The maximum Gasteiger partial charge on any atom is 0.257 e. The maximum atomic E-state index is 12.2. The van der Waals surface area contributed by atoms with E-state index in [0.29, 0.717) is 15.8 Å². The smallest absolute Gasteiger partial charge is 0.257 e. The van der Waals surface area contributed by atoms with E-state index in [4.69, 9.17) is 27.9 Å². The molecule has 2 rings (SSSR count). The number of carbonyl (C=O) groups excluding carboxylic acids is 1. The summed E-state index contributed by atoms with van der Waals surface area (Å²) >= 11 is 11.7. The summed E-state index contributed by atoms with van der Waals surface area (Å²) in [5.41, 5.74) is 1.06. The Labute approximate surface area is 168 Å². The summed E-state index contributed by atoms with van der Waals surface area (Å²) in [5.74, 6) is -0.0556. The van der Waals surface area contributed by atoms with Crippen molar-refractivity contribution in [3.8, 4) is 5.75 Å². The van der Waals surface area contributed by atoms with Gasteiger partial charge in [0.1, 0.15) is 5.75 Å². The number of hydrogen-bond acceptors (Lipinski definition) is 4. The molecule has 2 aromatic carbocycles. The second-order valence-electron chi connectivity index (χ2n) is 5.61. The molecule has 0 aromatic heterocycles. The van der Waals surface area contributed by atoms with Gasteiger partial charge < -0.3 is 10.1 Å². The van der Waals surface area contributed by atoms with E-state index in [1.807, 2.05) is 6.92 Å². The summed E-state index contributed by atoms with van der Waals surface area (Å²) in [6.45, 7) is 1.94. The zero-order valence-corrected chi connectivity index (χ0v) is 17.0. The minimum Gasteiger partial charge on any atom is -0.482 e. The summed E-state index contributed by atoms with van der Waals surface area (Å²) in [6.07, 6.45) is 0.836. The average molecular weight is 431 g/mol. The van der Waals surface area contributed by atoms with Crippen LogP contribution in [0.2, 0.25) is 10.0 Å². The number of carbonyl (C=O) groups is 1. The normalized spacial score (nSPS) is 11.2. The van der Waals surface area contributed by atoms with E-state index in [1.165, 1.54) is 6.07 Å². The van der Waals surface area contributed by atoms with Crippen LogP contribution in [0.15, 0.2) is 47.4 Å². The van der Waals surface area contributed by atoms with Gasteiger partial charge in [-0.15, -0.1) is 0 Å². The molecular formula is C18H20Cl2N2O4S. The number of ether oxygens (including phenoxy) is 1. The van der Waals surface area contributed by atoms with Crippen LogP contribution in [0.3, 0.4) is 0 Å². The molecule has 0 radical (unpaired) electrons. The molecule has 0 aliphatic carbocycles. The average Bonchev–Trinajstić information content (AvgIpc) is 2.64. The van der Waals surface area contributed by atoms with Crippen LogP contribution in [0.25, 0.3) is 0 Å². The summed E-state index contributed by atoms with van der Waals surface area (Å²) < 4.78 is 32.1. The zero-order chi connectivity index (χ0) is 19.9. The number of halogens is 2. The maximum absolute atomic E-state index is 12.2. The van der Waals surface area contributed by atoms with Crippen LogP contribution in [0.1, 0.15) is 12.5 Å². The monoisotopic (exact) mass is 430 g/mol. The van der Waals surface area contributed by atoms with E-state index in [1.54, 1.807) is 36.4 Å². The number of aryl methyl sites for hydroxylation is 1. The van der Waals surface area contributed by atoms with Crippen molar-refractivity contribution in [1.29, 1.82) is 0 Å². The predicted molar refractivity (Wildman–Crippen MR) is 106 cm³/mol. The highest BCUT2D eigenvalue weighted by molar-refractivity contribution is 7.89. The molecule has 0 saturated heterocycles. The van der Waals surface area contributed by atoms with Crippen molar-refractivity contribution in [2.45, 2.75) is 18.2 Å². The van der Waals surface area contributed by atoms with E-state index >= 15 is 0 Å². The van der Waals surface area contributed by atoms with Gasteiger partial charge in [0.15, 0.2) is 6.61 Å². The Balaban J connectivity index is 1.74. The lowest BCUT2D eigenvalue weighted by Crippen LogP contribution is -2.36. The fourth-order valence-corrected chi connectivity index (χ4v) is 3.66. The summed E-state index contributed by atoms with van der Waals surface area (Å²) in [6, 6.07) is 11.3. The number of amides is 1. The molecule has 0 bridgehead atoms. The molecular weight excluding hydrogens is 411 g/mol. The van der Waals surface area contributed by atoms with E-state index in [-0.39, 0.29) is 24.6 Å². The first-order valence-electron chi connectivity index (χ1n) is 8.25. The Morgan fingerprint density at radius 3 is 2.41 bits per heavy atom. The lowest BCUT2D eigenvalue weighted by Gasteiger charge is -2.10. The Kier molecular flexibility index (Phi) is 7.91. The van der Waals surface area contributed by atoms with Crippen molar-refractivity contribution in [2.75, 3.05) is 19.7 Å². The van der Waals surface area contributed by atoms with Crippen LogP contribution in [0.4, 0.5) is 0 Å². The van der Waals surface area contributed by atoms with Gasteiger partial charge >= 0.3 is 0 Å². The quantitative estimate of drug-likeness (QED) is 0.598. The van der Waals surface area contributed by atoms with Gasteiger partial charge in [0.25, 0.3) is 5.91 Å². The van der Waals surface area contributed by atoms with E-state index in [9.17, 15) is 13.2 Å². The molecule has 146 valence electrons. The molecule has 0 heterocycles. The van der Waals surface area contributed by atoms with Crippen molar-refractivity contribution < 1.29 is 17.9 Å². The fraction of sp³-hybridized carbons (Fsp3) is 0.278. The highest BCUT2D eigenvalue weighted by Gasteiger charge is 2.13. The number of rotatable bonds is 9. The van der Waals surface area contributed by atoms with Crippen molar-refractivity contribution in [1.82, 2.24) is 10.0 Å². The molecule has 0 atom stereocenters. The SMILES string of the molecule is CCc1ccc(S(=O)(=O)NCCNC(=O)COc2ccc(Cl)cc2Cl)cc1. The summed E-state index contributed by atoms with van der Waals surface area (Å²) in [4.78, 5) is 12.0. The fourth-order valence-electron chi connectivity index (χ4n) is 2.16. The summed E-state index contributed by atoms with van der Waals surface area (Å²) in [5, 5.41) is 3.34. The van der Waals surface area contributed by atoms with Crippen LogP contribution in [0, 0.1) is 0 Å². The van der Waals surface area contributed by atoms with Gasteiger partial charge in [-0.1, -0.05) is 42.3 Å². The molecule has 2 aromatic rings. The second kappa shape index (κ2) is 9.94. The van der Waals surface area contributed by atoms with Gasteiger partial charge in [-0.2, -0.15) is 0 Å². The molecule has 0 spiro atoms. The summed E-state index contributed by atoms with van der Waals surface area (Å²) in [7, 11) is -3.61. The van der Waals surface area contributed by atoms with Gasteiger partial charge in [-0.05, 0) is 42.3 Å². The highest BCUT2D eigenvalue weighted by Crippen LogP contribution is 2.27. The van der Waals surface area contributed by atoms with Crippen molar-refractivity contribution in [3.05, 3.63) is 58.1 Å². The highest BCUT2D eigenvalue weighted by atomic mass is 35.5. The van der Waals surface area contributed by atoms with Crippen molar-refractivity contribution >= 4 is 39.1 Å². The van der Waals surface area contributed by atoms with Gasteiger partial charge in [-0.25, -0.2) is 13.1 Å². The van der Waals surface area contributed by atoms with Gasteiger partial charge in [0.2, 0.25) is 10.0 Å². The first kappa shape index (κ1) is 21.5. The molecule has 0 aliphatic rings. The lowest BCUT2D eigenvalue weighted by atomic mass is 10.2. The van der Waals surface area contributed by atoms with E-state index < -0.39 is 15.9 Å². The van der Waals surface area contributed by atoms with Gasteiger partial charge in [-0.3, -0.25) is 4.79 Å². The van der Waals surface area contributed by atoms with Crippen LogP contribution in [-0.2, 0) is 21.2 Å². The molecule has 0 unspecified atom stereocenters. The molecule has 6 nitrogen and oxygen atoms in total. The topological polar surface area (TPSA) is 84.5 Å². The Morgan fingerprint density at radius 2 is 1.78 bits per heavy atom. The number of nitrogens with one attached hydrogen (secondary N) is 2. The number of sulfonamides is 1. The third kappa shape index (κ3) is 6.70. The predicted octanol–water partition coefficient (Wildman–Crippen LogP) is 3.03. The largest absolute Gasteiger partial charge is 0.482 e. The van der Waals surface area contributed by atoms with Crippen molar-refractivity contribution in [3.63, 3.8) is 0 Å². The Bertz CT molecular complexity index is 887. The minimum absolute atomic E-state index is 0.0608. The Morgan fingerprint density at radius 1 is 1.07 bits per heavy atom. The molecule has 2 N–H and O–H groups in total. The first-order chi connectivity index (χ1) is 12.8. The van der Waals surface area contributed by atoms with Crippen LogP contribution >= 0.6 is 23.2 Å². The second-order valence-corrected chi connectivity index (χ2v) is 8.22. The standard InChI is InChI=1S/C18H20Cl2N2O4S/c1-2-13-3-6-15(7-4-13)27(24,25)22-10-9-21-18(23)12-26-17-8-5-14(19)11-16(17)20/h3-8,11,22H,2,9-10,12H2,1H3,(H,21,23). The van der Waals surface area contributed by atoms with Gasteiger partial charge in [0.05, 0.1) is 9.92 Å².